The van der Waals surface area contributed by atoms with Gasteiger partial charge in [0.15, 0.2) is 6.60 Å². The Hall–Kier alpha value is -0.495. The molecule has 9 saturated heterocycles. The summed E-state index contributed by atoms with van der Waals surface area (Å²) in [5.74, 6) is 0. The number of rotatable bonds is 4. The van der Waals surface area contributed by atoms with E-state index in [4.69, 9.17) is 26.9 Å². The molecule has 9 rings (SSSR count). The first-order valence-corrected chi connectivity index (χ1v) is 15.9. The van der Waals surface area contributed by atoms with Crippen molar-refractivity contribution in [3.8, 4) is 0 Å². The number of hydrogen-bond acceptors (Lipinski definition) is 22. The Morgan fingerprint density at radius 2 is 1.73 bits per heavy atom. The highest BCUT2D eigenvalue weighted by molar-refractivity contribution is 7.46. The summed E-state index contributed by atoms with van der Waals surface area (Å²) in [7, 11) is 7.63. The lowest BCUT2D eigenvalue weighted by Gasteiger charge is -2.77. The molecule has 45 heavy (non-hydrogen) atoms. The molecular formula is C17H32B3N13O11P. The molecule has 9 heterocycles. The molecule has 0 aliphatic carbocycles. The van der Waals surface area contributed by atoms with Crippen molar-refractivity contribution < 1.29 is 53.3 Å². The van der Waals surface area contributed by atoms with Crippen LogP contribution < -0.4 is 11.1 Å². The van der Waals surface area contributed by atoms with E-state index in [1.807, 2.05) is 24.3 Å². The number of likely N-dealkylation sites (N-methyl/N-ethyl adjacent to an activating group) is 2. The van der Waals surface area contributed by atoms with Gasteiger partial charge in [0.25, 0.3) is 7.41 Å². The molecule has 9 aliphatic rings. The van der Waals surface area contributed by atoms with Crippen molar-refractivity contribution in [2.24, 2.45) is 0 Å². The number of fused-ring (bicyclic) bond motifs is 13. The standard InChI is InChI=1S/C17H32B3N13O11P/c1-23-15-16(24(23)2)26-6-28-27(5-25(15)26)32-29(19-13-10(35)9(34)7(42-13)3-40-33(28)32)17-20(18)14-11(36)12(44-31-22-21-30(17)31)8(43-14)4-41-45(37,38)39/h7-17,21-22,34-36H,3-6H2,1-2H3,(H2,37,38,39)/t7?,8?,9?,10?,11?,12?,13?,14?,15?,16-,17-/m0/s1. The second kappa shape index (κ2) is 10.5. The summed E-state index contributed by atoms with van der Waals surface area (Å²) < 4.78 is 28.1. The third kappa shape index (κ3) is 4.33. The zero-order valence-corrected chi connectivity index (χ0v) is 24.9. The van der Waals surface area contributed by atoms with E-state index in [2.05, 4.69) is 35.6 Å². The van der Waals surface area contributed by atoms with Gasteiger partial charge in [-0.3, -0.25) is 14.2 Å². The highest BCUT2D eigenvalue weighted by Crippen LogP contribution is 2.46. The first-order chi connectivity index (χ1) is 21.4. The van der Waals surface area contributed by atoms with Gasteiger partial charge in [0, 0.05) is 27.1 Å². The number of ether oxygens (including phenoxy) is 2. The maximum Gasteiger partial charge on any atom is 0.469 e. The van der Waals surface area contributed by atoms with Gasteiger partial charge >= 0.3 is 7.82 Å². The average Bonchev–Trinajstić information content (AvgIpc) is 3.45. The summed E-state index contributed by atoms with van der Waals surface area (Å²) in [6.45, 7) is -0.862. The van der Waals surface area contributed by atoms with Gasteiger partial charge in [-0.1, -0.05) is 5.23 Å². The van der Waals surface area contributed by atoms with Gasteiger partial charge in [-0.05, 0) is 5.28 Å². The zero-order valence-electron chi connectivity index (χ0n) is 24.0. The molecule has 3 radical (unpaired) electrons. The first kappa shape index (κ1) is 30.6. The van der Waals surface area contributed by atoms with Gasteiger partial charge in [-0.2, -0.15) is 15.6 Å². The fourth-order valence-corrected chi connectivity index (χ4v) is 7.70. The van der Waals surface area contributed by atoms with Gasteiger partial charge in [0.2, 0.25) is 0 Å². The number of aliphatic hydroxyl groups excluding tert-OH is 3. The fraction of sp³-hybridized carbons (Fsp3) is 1.00. The number of nitrogens with one attached hydrogen (secondary N) is 2. The largest absolute Gasteiger partial charge is 0.469 e. The number of hydrazine groups is 11. The maximum absolute atomic E-state index is 11.4. The Bertz CT molecular complexity index is 1260. The molecule has 11 atom stereocenters. The second-order valence-electron chi connectivity index (χ2n) is 12.2. The van der Waals surface area contributed by atoms with E-state index < -0.39 is 75.7 Å². The summed E-state index contributed by atoms with van der Waals surface area (Å²) in [5.41, 5.74) is 5.64. The Morgan fingerprint density at radius 3 is 2.40 bits per heavy atom. The molecule has 9 aliphatic heterocycles. The number of nitrogens with zero attached hydrogens (tertiary/aromatic N) is 11. The van der Waals surface area contributed by atoms with Crippen molar-refractivity contribution in [2.45, 2.75) is 67.0 Å². The molecule has 0 aromatic rings. The lowest BCUT2D eigenvalue weighted by Crippen LogP contribution is -2.98. The fourth-order valence-electron chi connectivity index (χ4n) is 7.36. The molecule has 4 bridgehead atoms. The molecule has 9 unspecified atom stereocenters. The average molecular weight is 658 g/mol. The first-order valence-electron chi connectivity index (χ1n) is 14.4. The van der Waals surface area contributed by atoms with E-state index >= 15 is 0 Å². The van der Waals surface area contributed by atoms with Crippen LogP contribution in [0, 0.1) is 0 Å². The summed E-state index contributed by atoms with van der Waals surface area (Å²) in [6.07, 6.45) is -6.51. The van der Waals surface area contributed by atoms with Gasteiger partial charge in [0.05, 0.1) is 24.7 Å². The molecule has 0 amide bonds. The predicted molar refractivity (Wildman–Crippen MR) is 141 cm³/mol. The van der Waals surface area contributed by atoms with Crippen molar-refractivity contribution in [1.29, 1.82) is 0 Å². The third-order valence-electron chi connectivity index (χ3n) is 9.80. The van der Waals surface area contributed by atoms with E-state index in [9.17, 15) is 29.7 Å². The molecule has 24 nitrogen and oxygen atoms in total. The summed E-state index contributed by atoms with van der Waals surface area (Å²) in [6, 6.07) is -3.09. The van der Waals surface area contributed by atoms with E-state index in [0.29, 0.717) is 13.3 Å². The summed E-state index contributed by atoms with van der Waals surface area (Å²) >= 11 is 0. The minimum atomic E-state index is -4.85. The number of hydrogen-bond donors (Lipinski definition) is 7. The van der Waals surface area contributed by atoms with Crippen LogP contribution in [0.4, 0.5) is 0 Å². The van der Waals surface area contributed by atoms with Gasteiger partial charge in [0.1, 0.15) is 68.9 Å². The van der Waals surface area contributed by atoms with Crippen LogP contribution in [0.25, 0.3) is 0 Å². The number of aliphatic hydroxyl groups is 3. The van der Waals surface area contributed by atoms with E-state index in [0.717, 1.165) is 5.28 Å². The molecular weight excluding hydrogens is 626 g/mol. The van der Waals surface area contributed by atoms with Crippen LogP contribution in [0.5, 0.6) is 0 Å². The quantitative estimate of drug-likeness (QED) is 0.110. The molecule has 0 spiro atoms. The Balaban J connectivity index is 1.05. The van der Waals surface area contributed by atoms with E-state index in [1.54, 1.807) is 17.6 Å². The van der Waals surface area contributed by atoms with Crippen LogP contribution in [0.15, 0.2) is 0 Å². The highest BCUT2D eigenvalue weighted by Gasteiger charge is 2.68. The number of phosphoric ester groups is 1. The Morgan fingerprint density at radius 1 is 1.02 bits per heavy atom. The lowest BCUT2D eigenvalue weighted by molar-refractivity contribution is -0.682. The van der Waals surface area contributed by atoms with E-state index in [1.165, 1.54) is 10.4 Å². The SMILES string of the molecule is [B]B1C2OC(COP(=O)(O)O)C(ON3NNN3[C@@H]1N1[B]C3OC(CON4N5CN6[C@H]7C(N(C)N7C)N6CN5N14)C(O)C3O)C2O. The van der Waals surface area contributed by atoms with Crippen molar-refractivity contribution in [3.05, 3.63) is 0 Å². The van der Waals surface area contributed by atoms with Gasteiger partial charge < -0.3 is 34.6 Å². The van der Waals surface area contributed by atoms with Gasteiger partial charge in [-0.25, -0.2) is 19.5 Å². The third-order valence-corrected chi connectivity index (χ3v) is 10.3. The topological polar surface area (TPSA) is 224 Å². The lowest BCUT2D eigenvalue weighted by atomic mass is 9.26. The molecule has 245 valence electrons. The van der Waals surface area contributed by atoms with Gasteiger partial charge in [-0.15, -0.1) is 20.9 Å². The van der Waals surface area contributed by atoms with Crippen LogP contribution in [0.1, 0.15) is 0 Å². The highest BCUT2D eigenvalue weighted by atomic mass is 31.2. The van der Waals surface area contributed by atoms with Crippen molar-refractivity contribution in [3.63, 3.8) is 0 Å². The zero-order chi connectivity index (χ0) is 31.3. The van der Waals surface area contributed by atoms with Crippen LogP contribution >= 0.6 is 7.82 Å². The molecule has 28 heteroatoms. The normalized spacial score (nSPS) is 47.7. The summed E-state index contributed by atoms with van der Waals surface area (Å²) in [4.78, 5) is 32.2. The van der Waals surface area contributed by atoms with Crippen LogP contribution in [0.2, 0.25) is 0 Å². The van der Waals surface area contributed by atoms with Crippen molar-refractivity contribution in [1.82, 2.24) is 67.2 Å². The predicted octanol–water partition coefficient (Wildman–Crippen LogP) is -8.43. The molecule has 0 saturated carbocycles. The number of phosphoric acid groups is 1. The summed E-state index contributed by atoms with van der Waals surface area (Å²) in [5, 5.41) is 51.2. The van der Waals surface area contributed by atoms with E-state index in [-0.39, 0.29) is 18.9 Å². The molecule has 0 aromatic carbocycles. The Labute approximate surface area is 258 Å². The molecule has 9 fully saturated rings. The smallest absolute Gasteiger partial charge is 0.388 e. The Kier molecular flexibility index (Phi) is 7.13. The van der Waals surface area contributed by atoms with Crippen molar-refractivity contribution >= 4 is 29.6 Å². The molecule has 0 aromatic heterocycles. The van der Waals surface area contributed by atoms with Crippen LogP contribution in [-0.2, 0) is 28.2 Å². The maximum atomic E-state index is 11.4. The van der Waals surface area contributed by atoms with Crippen molar-refractivity contribution in [2.75, 3.05) is 40.6 Å². The minimum Gasteiger partial charge on any atom is -0.388 e. The monoisotopic (exact) mass is 658 g/mol. The minimum absolute atomic E-state index is 0.0709. The van der Waals surface area contributed by atoms with Crippen LogP contribution in [0.3, 0.4) is 0 Å². The second-order valence-corrected chi connectivity index (χ2v) is 13.4. The van der Waals surface area contributed by atoms with Crippen LogP contribution in [-0.4, -0.2) is 211 Å². The molecule has 7 N–H and O–H groups in total.